The second-order valence-corrected chi connectivity index (χ2v) is 6.75. The molecule has 2 aromatic carbocycles. The maximum atomic E-state index is 13.3. The Hall–Kier alpha value is -1.87. The summed E-state index contributed by atoms with van der Waals surface area (Å²) in [6, 6.07) is 12.5. The number of phenols is 1. The van der Waals surface area contributed by atoms with Gasteiger partial charge in [-0.2, -0.15) is 0 Å². The molecule has 0 amide bonds. The van der Waals surface area contributed by atoms with Crippen LogP contribution < -0.4 is 0 Å². The van der Waals surface area contributed by atoms with Gasteiger partial charge in [-0.05, 0) is 67.6 Å². The van der Waals surface area contributed by atoms with E-state index in [1.165, 1.54) is 11.1 Å². The average molecular weight is 299 g/mol. The van der Waals surface area contributed by atoms with E-state index in [0.717, 1.165) is 31.5 Å². The monoisotopic (exact) mass is 299 g/mol. The maximum Gasteiger partial charge on any atom is 0.123 e. The van der Waals surface area contributed by atoms with Gasteiger partial charge in [0.2, 0.25) is 0 Å². The van der Waals surface area contributed by atoms with Gasteiger partial charge in [-0.3, -0.25) is 4.90 Å². The van der Waals surface area contributed by atoms with Gasteiger partial charge in [0, 0.05) is 18.6 Å². The SMILES string of the molecule is CC(C)(CCc1ccc(O)cc1)N1Cc2ccc(F)cc2C1. The molecule has 1 heterocycles. The summed E-state index contributed by atoms with van der Waals surface area (Å²) in [6.07, 6.45) is 1.99. The van der Waals surface area contributed by atoms with Crippen LogP contribution in [0, 0.1) is 5.82 Å². The number of fused-ring (bicyclic) bond motifs is 1. The Morgan fingerprint density at radius 3 is 2.45 bits per heavy atom. The molecule has 2 aromatic rings. The largest absolute Gasteiger partial charge is 0.508 e. The fourth-order valence-electron chi connectivity index (χ4n) is 3.06. The van der Waals surface area contributed by atoms with Crippen LogP contribution in [0.3, 0.4) is 0 Å². The number of hydrogen-bond acceptors (Lipinski definition) is 2. The second-order valence-electron chi connectivity index (χ2n) is 6.75. The molecule has 0 saturated carbocycles. The fourth-order valence-corrected chi connectivity index (χ4v) is 3.06. The van der Waals surface area contributed by atoms with Crippen molar-refractivity contribution in [3.63, 3.8) is 0 Å². The minimum Gasteiger partial charge on any atom is -0.508 e. The van der Waals surface area contributed by atoms with Crippen molar-refractivity contribution in [2.45, 2.75) is 45.3 Å². The first-order valence-electron chi connectivity index (χ1n) is 7.74. The third kappa shape index (κ3) is 3.14. The zero-order chi connectivity index (χ0) is 15.7. The van der Waals surface area contributed by atoms with Crippen LogP contribution in [0.2, 0.25) is 0 Å². The van der Waals surface area contributed by atoms with Gasteiger partial charge in [-0.1, -0.05) is 18.2 Å². The Kier molecular flexibility index (Phi) is 3.92. The van der Waals surface area contributed by atoms with Crippen LogP contribution in [-0.4, -0.2) is 15.5 Å². The summed E-state index contributed by atoms with van der Waals surface area (Å²) in [7, 11) is 0. The van der Waals surface area contributed by atoms with Crippen LogP contribution in [-0.2, 0) is 19.5 Å². The molecule has 0 saturated heterocycles. The smallest absolute Gasteiger partial charge is 0.123 e. The summed E-state index contributed by atoms with van der Waals surface area (Å²) < 4.78 is 13.3. The zero-order valence-corrected chi connectivity index (χ0v) is 13.1. The normalized spacial score (nSPS) is 15.0. The van der Waals surface area contributed by atoms with Crippen molar-refractivity contribution in [3.05, 3.63) is 65.0 Å². The lowest BCUT2D eigenvalue weighted by molar-refractivity contribution is 0.109. The number of benzene rings is 2. The molecule has 0 aliphatic carbocycles. The summed E-state index contributed by atoms with van der Waals surface area (Å²) in [5, 5.41) is 9.34. The average Bonchev–Trinajstić information content (AvgIpc) is 2.90. The Balaban J connectivity index is 1.65. The molecule has 1 aliphatic heterocycles. The molecular weight excluding hydrogens is 277 g/mol. The van der Waals surface area contributed by atoms with Gasteiger partial charge in [0.1, 0.15) is 11.6 Å². The molecule has 3 rings (SSSR count). The predicted molar refractivity (Wildman–Crippen MR) is 86.2 cm³/mol. The van der Waals surface area contributed by atoms with E-state index in [9.17, 15) is 9.50 Å². The standard InChI is InChI=1S/C19H22FNO/c1-19(2,10-9-14-3-7-18(22)8-4-14)21-12-15-5-6-17(20)11-16(15)13-21/h3-8,11,22H,9-10,12-13H2,1-2H3. The molecule has 1 N–H and O–H groups in total. The lowest BCUT2D eigenvalue weighted by Gasteiger charge is -2.35. The Bertz CT molecular complexity index is 664. The first-order valence-corrected chi connectivity index (χ1v) is 7.74. The van der Waals surface area contributed by atoms with Crippen molar-refractivity contribution in [2.24, 2.45) is 0 Å². The highest BCUT2D eigenvalue weighted by Gasteiger charge is 2.31. The first kappa shape index (κ1) is 15.0. The first-order chi connectivity index (χ1) is 10.4. The molecule has 2 nitrogen and oxygen atoms in total. The predicted octanol–water partition coefficient (Wildman–Crippen LogP) is 4.26. The maximum absolute atomic E-state index is 13.3. The summed E-state index contributed by atoms with van der Waals surface area (Å²) in [5.74, 6) is 0.155. The van der Waals surface area contributed by atoms with E-state index in [0.29, 0.717) is 5.75 Å². The highest BCUT2D eigenvalue weighted by atomic mass is 19.1. The molecule has 1 aliphatic rings. The molecule has 0 atom stereocenters. The minimum atomic E-state index is -0.150. The van der Waals surface area contributed by atoms with Crippen molar-refractivity contribution in [1.29, 1.82) is 0 Å². The number of phenolic OH excluding ortho intramolecular Hbond substituents is 1. The van der Waals surface area contributed by atoms with Crippen molar-refractivity contribution in [3.8, 4) is 5.75 Å². The molecule has 0 aromatic heterocycles. The van der Waals surface area contributed by atoms with E-state index >= 15 is 0 Å². The van der Waals surface area contributed by atoms with Gasteiger partial charge in [0.25, 0.3) is 0 Å². The second kappa shape index (κ2) is 5.73. The van der Waals surface area contributed by atoms with Crippen molar-refractivity contribution >= 4 is 0 Å². The number of hydrogen-bond donors (Lipinski definition) is 1. The van der Waals surface area contributed by atoms with Crippen LogP contribution in [0.15, 0.2) is 42.5 Å². The van der Waals surface area contributed by atoms with Crippen LogP contribution >= 0.6 is 0 Å². The number of aryl methyl sites for hydroxylation is 1. The van der Waals surface area contributed by atoms with Crippen molar-refractivity contribution in [2.75, 3.05) is 0 Å². The van der Waals surface area contributed by atoms with Gasteiger partial charge in [-0.25, -0.2) is 4.39 Å². The molecule has 116 valence electrons. The third-order valence-electron chi connectivity index (χ3n) is 4.71. The van der Waals surface area contributed by atoms with Crippen molar-refractivity contribution in [1.82, 2.24) is 4.90 Å². The number of nitrogens with zero attached hydrogens (tertiary/aromatic N) is 1. The highest BCUT2D eigenvalue weighted by Crippen LogP contribution is 2.32. The Labute approximate surface area is 131 Å². The van der Waals surface area contributed by atoms with Gasteiger partial charge < -0.3 is 5.11 Å². The molecule has 0 radical (unpaired) electrons. The molecule has 0 unspecified atom stereocenters. The van der Waals surface area contributed by atoms with Crippen LogP contribution in [0.5, 0.6) is 5.75 Å². The summed E-state index contributed by atoms with van der Waals surface area (Å²) in [5.41, 5.74) is 3.62. The minimum absolute atomic E-state index is 0.0490. The van der Waals surface area contributed by atoms with Crippen molar-refractivity contribution < 1.29 is 9.50 Å². The Morgan fingerprint density at radius 1 is 1.05 bits per heavy atom. The number of rotatable bonds is 4. The number of aromatic hydroxyl groups is 1. The molecule has 3 heteroatoms. The topological polar surface area (TPSA) is 23.5 Å². The van der Waals surface area contributed by atoms with E-state index in [-0.39, 0.29) is 11.4 Å². The summed E-state index contributed by atoms with van der Waals surface area (Å²) in [6.45, 7) is 6.19. The van der Waals surface area contributed by atoms with Crippen LogP contribution in [0.4, 0.5) is 4.39 Å². The van der Waals surface area contributed by atoms with Crippen LogP contribution in [0.1, 0.15) is 37.0 Å². The molecule has 22 heavy (non-hydrogen) atoms. The Morgan fingerprint density at radius 2 is 1.73 bits per heavy atom. The van der Waals surface area contributed by atoms with Crippen LogP contribution in [0.25, 0.3) is 0 Å². The lowest BCUT2D eigenvalue weighted by atomic mass is 9.93. The van der Waals surface area contributed by atoms with Gasteiger partial charge in [0.15, 0.2) is 0 Å². The van der Waals surface area contributed by atoms with Gasteiger partial charge >= 0.3 is 0 Å². The fraction of sp³-hybridized carbons (Fsp3) is 0.368. The molecule has 0 fully saturated rings. The third-order valence-corrected chi connectivity index (χ3v) is 4.71. The van der Waals surface area contributed by atoms with E-state index in [1.54, 1.807) is 24.3 Å². The molecule has 0 spiro atoms. The lowest BCUT2D eigenvalue weighted by Crippen LogP contribution is -2.40. The van der Waals surface area contributed by atoms with E-state index in [2.05, 4.69) is 18.7 Å². The summed E-state index contributed by atoms with van der Waals surface area (Å²) in [4.78, 5) is 2.41. The summed E-state index contributed by atoms with van der Waals surface area (Å²) >= 11 is 0. The quantitative estimate of drug-likeness (QED) is 0.912. The van der Waals surface area contributed by atoms with E-state index < -0.39 is 0 Å². The zero-order valence-electron chi connectivity index (χ0n) is 13.1. The van der Waals surface area contributed by atoms with E-state index in [1.807, 2.05) is 18.2 Å². The van der Waals surface area contributed by atoms with Gasteiger partial charge in [-0.15, -0.1) is 0 Å². The molecular formula is C19H22FNO. The highest BCUT2D eigenvalue weighted by molar-refractivity contribution is 5.32. The molecule has 0 bridgehead atoms. The van der Waals surface area contributed by atoms with E-state index in [4.69, 9.17) is 0 Å². The van der Waals surface area contributed by atoms with Gasteiger partial charge in [0.05, 0.1) is 0 Å². The number of halogens is 1.